The lowest BCUT2D eigenvalue weighted by atomic mass is 10.2. The number of hydrogen-bond donors (Lipinski definition) is 1. The van der Waals surface area contributed by atoms with Gasteiger partial charge in [0.1, 0.15) is 11.9 Å². The Hall–Kier alpha value is -1.62. The molecule has 1 heterocycles. The second kappa shape index (κ2) is 6.02. The zero-order valence-electron chi connectivity index (χ0n) is 11.4. The summed E-state index contributed by atoms with van der Waals surface area (Å²) < 4.78 is 13.4. The van der Waals surface area contributed by atoms with Crippen molar-refractivity contribution in [2.75, 3.05) is 38.6 Å². The number of benzene rings is 1. The molecule has 5 heteroatoms. The van der Waals surface area contributed by atoms with Gasteiger partial charge in [-0.1, -0.05) is 6.07 Å². The van der Waals surface area contributed by atoms with E-state index in [4.69, 9.17) is 0 Å². The van der Waals surface area contributed by atoms with Crippen LogP contribution in [0.4, 0.5) is 10.1 Å². The molecule has 0 radical (unpaired) electrons. The van der Waals surface area contributed by atoms with Crippen molar-refractivity contribution < 1.29 is 9.18 Å². The lowest BCUT2D eigenvalue weighted by molar-refractivity contribution is -0.130. The molecule has 1 aromatic carbocycles. The van der Waals surface area contributed by atoms with Gasteiger partial charge in [-0.25, -0.2) is 4.39 Å². The summed E-state index contributed by atoms with van der Waals surface area (Å²) in [6, 6.07) is 6.16. The van der Waals surface area contributed by atoms with Crippen LogP contribution in [0.1, 0.15) is 6.42 Å². The molecule has 0 aromatic heterocycles. The molecule has 1 saturated heterocycles. The molecule has 0 bridgehead atoms. The van der Waals surface area contributed by atoms with E-state index in [2.05, 4.69) is 5.32 Å². The van der Waals surface area contributed by atoms with E-state index in [1.165, 1.54) is 12.1 Å². The van der Waals surface area contributed by atoms with Crippen molar-refractivity contribution in [3.05, 3.63) is 30.1 Å². The Labute approximate surface area is 113 Å². The van der Waals surface area contributed by atoms with Crippen LogP contribution in [0.25, 0.3) is 0 Å². The highest BCUT2D eigenvalue weighted by atomic mass is 19.1. The molecule has 1 aliphatic rings. The van der Waals surface area contributed by atoms with E-state index >= 15 is 0 Å². The van der Waals surface area contributed by atoms with Crippen LogP contribution < -0.4 is 10.2 Å². The average Bonchev–Trinajstić information content (AvgIpc) is 2.53. The predicted molar refractivity (Wildman–Crippen MR) is 73.7 cm³/mol. The molecule has 1 aromatic rings. The van der Waals surface area contributed by atoms with Gasteiger partial charge in [-0.05, 0) is 31.7 Å². The van der Waals surface area contributed by atoms with Crippen LogP contribution in [0.3, 0.4) is 0 Å². The predicted octanol–water partition coefficient (Wildman–Crippen LogP) is 1.08. The number of halogens is 1. The molecule has 0 aliphatic carbocycles. The zero-order chi connectivity index (χ0) is 13.8. The van der Waals surface area contributed by atoms with Gasteiger partial charge in [0.2, 0.25) is 5.91 Å². The number of carbonyl (C=O) groups excluding carboxylic acids is 1. The first-order valence-electron chi connectivity index (χ1n) is 6.55. The first-order valence-corrected chi connectivity index (χ1v) is 6.55. The van der Waals surface area contributed by atoms with E-state index in [1.807, 2.05) is 25.1 Å². The van der Waals surface area contributed by atoms with Gasteiger partial charge < -0.3 is 15.1 Å². The molecule has 1 atom stereocenters. The van der Waals surface area contributed by atoms with Crippen molar-refractivity contribution in [2.45, 2.75) is 12.5 Å². The first-order chi connectivity index (χ1) is 9.13. The van der Waals surface area contributed by atoms with E-state index in [0.717, 1.165) is 25.2 Å². The quantitative estimate of drug-likeness (QED) is 0.888. The fourth-order valence-electron chi connectivity index (χ4n) is 2.49. The molecular weight excluding hydrogens is 245 g/mol. The SMILES string of the molecule is CNCC1C(=O)N(C)CCCN1c1cccc(F)c1. The Kier molecular flexibility index (Phi) is 4.37. The van der Waals surface area contributed by atoms with E-state index in [-0.39, 0.29) is 17.8 Å². The molecule has 1 amide bonds. The molecule has 0 saturated carbocycles. The second-order valence-corrected chi connectivity index (χ2v) is 4.86. The third-order valence-corrected chi connectivity index (χ3v) is 3.47. The van der Waals surface area contributed by atoms with Crippen LogP contribution in [-0.4, -0.2) is 50.6 Å². The summed E-state index contributed by atoms with van der Waals surface area (Å²) in [5.74, 6) is -0.193. The highest BCUT2D eigenvalue weighted by Crippen LogP contribution is 2.21. The minimum absolute atomic E-state index is 0.0797. The Morgan fingerprint density at radius 1 is 1.42 bits per heavy atom. The maximum absolute atomic E-state index is 13.4. The summed E-state index contributed by atoms with van der Waals surface area (Å²) in [5.41, 5.74) is 0.768. The molecule has 1 N–H and O–H groups in total. The van der Waals surface area contributed by atoms with Crippen LogP contribution in [0.5, 0.6) is 0 Å². The summed E-state index contributed by atoms with van der Waals surface area (Å²) >= 11 is 0. The van der Waals surface area contributed by atoms with E-state index in [0.29, 0.717) is 6.54 Å². The van der Waals surface area contributed by atoms with E-state index < -0.39 is 0 Å². The van der Waals surface area contributed by atoms with Gasteiger partial charge in [0.25, 0.3) is 0 Å². The van der Waals surface area contributed by atoms with Crippen LogP contribution >= 0.6 is 0 Å². The van der Waals surface area contributed by atoms with Crippen LogP contribution in [-0.2, 0) is 4.79 Å². The highest BCUT2D eigenvalue weighted by Gasteiger charge is 2.30. The Bertz CT molecular complexity index is 452. The molecule has 19 heavy (non-hydrogen) atoms. The van der Waals surface area contributed by atoms with Crippen molar-refractivity contribution in [2.24, 2.45) is 0 Å². The smallest absolute Gasteiger partial charge is 0.246 e. The molecule has 1 fully saturated rings. The minimum atomic E-state index is -0.278. The van der Waals surface area contributed by atoms with Gasteiger partial charge in [0, 0.05) is 32.4 Å². The number of rotatable bonds is 3. The summed E-state index contributed by atoms with van der Waals surface area (Å²) in [4.78, 5) is 16.1. The molecule has 1 aliphatic heterocycles. The van der Waals surface area contributed by atoms with Gasteiger partial charge in [-0.2, -0.15) is 0 Å². The number of hydrogen-bond acceptors (Lipinski definition) is 3. The maximum Gasteiger partial charge on any atom is 0.246 e. The van der Waals surface area contributed by atoms with Crippen LogP contribution in [0.2, 0.25) is 0 Å². The lowest BCUT2D eigenvalue weighted by Crippen LogP contribution is -2.50. The fourth-order valence-corrected chi connectivity index (χ4v) is 2.49. The number of nitrogens with zero attached hydrogens (tertiary/aromatic N) is 2. The number of amides is 1. The van der Waals surface area contributed by atoms with Gasteiger partial charge >= 0.3 is 0 Å². The summed E-state index contributed by atoms with van der Waals surface area (Å²) in [5, 5.41) is 3.05. The minimum Gasteiger partial charge on any atom is -0.358 e. The van der Waals surface area contributed by atoms with Crippen molar-refractivity contribution >= 4 is 11.6 Å². The average molecular weight is 265 g/mol. The molecule has 104 valence electrons. The fraction of sp³-hybridized carbons (Fsp3) is 0.500. The Balaban J connectivity index is 2.31. The molecule has 2 rings (SSSR count). The van der Waals surface area contributed by atoms with Crippen molar-refractivity contribution in [3.63, 3.8) is 0 Å². The van der Waals surface area contributed by atoms with E-state index in [9.17, 15) is 9.18 Å². The second-order valence-electron chi connectivity index (χ2n) is 4.86. The molecule has 0 spiro atoms. The van der Waals surface area contributed by atoms with Crippen molar-refractivity contribution in [1.82, 2.24) is 10.2 Å². The largest absolute Gasteiger partial charge is 0.358 e. The van der Waals surface area contributed by atoms with Crippen LogP contribution in [0, 0.1) is 5.82 Å². The van der Waals surface area contributed by atoms with Crippen molar-refractivity contribution in [1.29, 1.82) is 0 Å². The number of carbonyl (C=O) groups is 1. The third kappa shape index (κ3) is 3.04. The van der Waals surface area contributed by atoms with E-state index in [1.54, 1.807) is 11.0 Å². The normalized spacial score (nSPS) is 20.6. The lowest BCUT2D eigenvalue weighted by Gasteiger charge is -2.31. The first kappa shape index (κ1) is 13.8. The monoisotopic (exact) mass is 265 g/mol. The third-order valence-electron chi connectivity index (χ3n) is 3.47. The van der Waals surface area contributed by atoms with Crippen LogP contribution in [0.15, 0.2) is 24.3 Å². The molecule has 4 nitrogen and oxygen atoms in total. The molecular formula is C14H20FN3O. The Morgan fingerprint density at radius 2 is 2.21 bits per heavy atom. The van der Waals surface area contributed by atoms with Crippen molar-refractivity contribution in [3.8, 4) is 0 Å². The summed E-state index contributed by atoms with van der Waals surface area (Å²) in [6.07, 6.45) is 0.888. The van der Waals surface area contributed by atoms with Gasteiger partial charge in [0.05, 0.1) is 0 Å². The van der Waals surface area contributed by atoms with Gasteiger partial charge in [-0.3, -0.25) is 4.79 Å². The van der Waals surface area contributed by atoms with Gasteiger partial charge in [0.15, 0.2) is 0 Å². The standard InChI is InChI=1S/C14H20FN3O/c1-16-10-13-14(19)17(2)7-4-8-18(13)12-6-3-5-11(15)9-12/h3,5-6,9,13,16H,4,7-8,10H2,1-2H3. The Morgan fingerprint density at radius 3 is 2.89 bits per heavy atom. The summed E-state index contributed by atoms with van der Waals surface area (Å²) in [6.45, 7) is 2.05. The summed E-state index contributed by atoms with van der Waals surface area (Å²) in [7, 11) is 3.64. The zero-order valence-corrected chi connectivity index (χ0v) is 11.4. The maximum atomic E-state index is 13.4. The van der Waals surface area contributed by atoms with Gasteiger partial charge in [-0.15, -0.1) is 0 Å². The number of nitrogens with one attached hydrogen (secondary N) is 1. The number of anilines is 1. The highest BCUT2D eigenvalue weighted by molar-refractivity contribution is 5.86. The topological polar surface area (TPSA) is 35.6 Å². The number of likely N-dealkylation sites (N-methyl/N-ethyl adjacent to an activating group) is 2. The molecule has 1 unspecified atom stereocenters.